The average Bonchev–Trinajstić information content (AvgIpc) is 2.50. The lowest BCUT2D eigenvalue weighted by atomic mass is 9.90. The molecule has 0 bridgehead atoms. The van der Waals surface area contributed by atoms with E-state index in [1.165, 1.54) is 50.1 Å². The Morgan fingerprint density at radius 3 is 2.67 bits per heavy atom. The Balaban J connectivity index is 1.89. The summed E-state index contributed by atoms with van der Waals surface area (Å²) in [5, 5.41) is 3.71. The second kappa shape index (κ2) is 8.40. The van der Waals surface area contributed by atoms with Crippen molar-refractivity contribution in [3.05, 3.63) is 29.8 Å². The Labute approximate surface area is 129 Å². The van der Waals surface area contributed by atoms with Gasteiger partial charge in [-0.05, 0) is 57.8 Å². The van der Waals surface area contributed by atoms with Crippen LogP contribution in [0.4, 0.5) is 5.69 Å². The smallest absolute Gasteiger partial charge is 0.0733 e. The van der Waals surface area contributed by atoms with E-state index in [0.717, 1.165) is 5.92 Å². The number of ether oxygens (including phenoxy) is 1. The monoisotopic (exact) mass is 290 g/mol. The van der Waals surface area contributed by atoms with Gasteiger partial charge in [0.25, 0.3) is 0 Å². The van der Waals surface area contributed by atoms with Crippen molar-refractivity contribution in [3.63, 3.8) is 0 Å². The molecule has 1 unspecified atom stereocenters. The standard InChI is InChI=1S/C18H30N2O/c1-4-11-20-12-9-16(10-13-20)15(2)19-18-8-6-5-7-17(18)14-21-3/h5-8,15-16,19H,4,9-14H2,1-3H3. The van der Waals surface area contributed by atoms with Crippen LogP contribution in [-0.4, -0.2) is 37.7 Å². The summed E-state index contributed by atoms with van der Waals surface area (Å²) in [6, 6.07) is 9.00. The van der Waals surface area contributed by atoms with Gasteiger partial charge in [0.15, 0.2) is 0 Å². The van der Waals surface area contributed by atoms with Gasteiger partial charge in [0.05, 0.1) is 6.61 Å². The van der Waals surface area contributed by atoms with Gasteiger partial charge < -0.3 is 15.0 Å². The number of rotatable bonds is 7. The third-order valence-electron chi connectivity index (χ3n) is 4.58. The van der Waals surface area contributed by atoms with Crippen molar-refractivity contribution in [3.8, 4) is 0 Å². The number of nitrogens with one attached hydrogen (secondary N) is 1. The Bertz CT molecular complexity index is 413. The Morgan fingerprint density at radius 1 is 1.29 bits per heavy atom. The fourth-order valence-corrected chi connectivity index (χ4v) is 3.30. The molecule has 3 nitrogen and oxygen atoms in total. The van der Waals surface area contributed by atoms with Crippen LogP contribution in [-0.2, 0) is 11.3 Å². The fraction of sp³-hybridized carbons (Fsp3) is 0.667. The van der Waals surface area contributed by atoms with Gasteiger partial charge in [-0.1, -0.05) is 25.1 Å². The molecule has 1 atom stereocenters. The molecule has 0 aliphatic carbocycles. The van der Waals surface area contributed by atoms with Gasteiger partial charge in [-0.15, -0.1) is 0 Å². The van der Waals surface area contributed by atoms with E-state index in [9.17, 15) is 0 Å². The number of para-hydroxylation sites is 1. The molecule has 2 rings (SSSR count). The lowest BCUT2D eigenvalue weighted by Crippen LogP contribution is -2.39. The minimum atomic E-state index is 0.520. The van der Waals surface area contributed by atoms with E-state index >= 15 is 0 Å². The van der Waals surface area contributed by atoms with Gasteiger partial charge in [-0.25, -0.2) is 0 Å². The van der Waals surface area contributed by atoms with Crippen molar-refractivity contribution in [2.75, 3.05) is 32.1 Å². The number of hydrogen-bond donors (Lipinski definition) is 1. The molecule has 1 aromatic carbocycles. The van der Waals surface area contributed by atoms with E-state index in [0.29, 0.717) is 12.6 Å². The number of nitrogens with zero attached hydrogens (tertiary/aromatic N) is 1. The van der Waals surface area contributed by atoms with Crippen LogP contribution in [0.1, 0.15) is 38.7 Å². The maximum atomic E-state index is 5.29. The van der Waals surface area contributed by atoms with Gasteiger partial charge in [0, 0.05) is 24.4 Å². The molecule has 1 heterocycles. The zero-order valence-electron chi connectivity index (χ0n) is 13.8. The van der Waals surface area contributed by atoms with Crippen LogP contribution >= 0.6 is 0 Å². The molecule has 1 N–H and O–H groups in total. The van der Waals surface area contributed by atoms with Crippen LogP contribution in [0.25, 0.3) is 0 Å². The molecule has 0 amide bonds. The SMILES string of the molecule is CCCN1CCC(C(C)Nc2ccccc2COC)CC1. The first-order valence-electron chi connectivity index (χ1n) is 8.30. The van der Waals surface area contributed by atoms with E-state index in [1.54, 1.807) is 7.11 Å². The maximum Gasteiger partial charge on any atom is 0.0733 e. The highest BCUT2D eigenvalue weighted by Gasteiger charge is 2.23. The lowest BCUT2D eigenvalue weighted by molar-refractivity contribution is 0.175. The largest absolute Gasteiger partial charge is 0.382 e. The van der Waals surface area contributed by atoms with Crippen molar-refractivity contribution >= 4 is 5.69 Å². The topological polar surface area (TPSA) is 24.5 Å². The molecule has 1 saturated heterocycles. The molecule has 1 aliphatic rings. The molecule has 118 valence electrons. The molecule has 1 fully saturated rings. The van der Waals surface area contributed by atoms with Crippen molar-refractivity contribution in [2.24, 2.45) is 5.92 Å². The molecular formula is C18H30N2O. The second-order valence-corrected chi connectivity index (χ2v) is 6.20. The minimum absolute atomic E-state index is 0.520. The first-order valence-corrected chi connectivity index (χ1v) is 8.30. The summed E-state index contributed by atoms with van der Waals surface area (Å²) in [5.41, 5.74) is 2.47. The van der Waals surface area contributed by atoms with Crippen LogP contribution in [0.5, 0.6) is 0 Å². The van der Waals surface area contributed by atoms with Crippen LogP contribution in [0.2, 0.25) is 0 Å². The highest BCUT2D eigenvalue weighted by atomic mass is 16.5. The van der Waals surface area contributed by atoms with Crippen LogP contribution in [0, 0.1) is 5.92 Å². The summed E-state index contributed by atoms with van der Waals surface area (Å²) in [6.45, 7) is 9.03. The van der Waals surface area contributed by atoms with Crippen LogP contribution in [0.15, 0.2) is 24.3 Å². The highest BCUT2D eigenvalue weighted by Crippen LogP contribution is 2.25. The third-order valence-corrected chi connectivity index (χ3v) is 4.58. The average molecular weight is 290 g/mol. The molecular weight excluding hydrogens is 260 g/mol. The van der Waals surface area contributed by atoms with E-state index in [2.05, 4.69) is 48.3 Å². The molecule has 0 saturated carbocycles. The van der Waals surface area contributed by atoms with Crippen molar-refractivity contribution in [2.45, 2.75) is 45.8 Å². The van der Waals surface area contributed by atoms with Crippen LogP contribution in [0.3, 0.4) is 0 Å². The number of anilines is 1. The molecule has 3 heteroatoms. The zero-order valence-corrected chi connectivity index (χ0v) is 13.8. The van der Waals surface area contributed by atoms with Crippen molar-refractivity contribution in [1.29, 1.82) is 0 Å². The normalized spacial score (nSPS) is 18.6. The zero-order chi connectivity index (χ0) is 15.1. The molecule has 21 heavy (non-hydrogen) atoms. The number of methoxy groups -OCH3 is 1. The van der Waals surface area contributed by atoms with Crippen molar-refractivity contribution < 1.29 is 4.74 Å². The van der Waals surface area contributed by atoms with E-state index in [-0.39, 0.29) is 0 Å². The number of benzene rings is 1. The summed E-state index contributed by atoms with van der Waals surface area (Å²) in [5.74, 6) is 0.772. The number of piperidine rings is 1. The van der Waals surface area contributed by atoms with Gasteiger partial charge in [-0.3, -0.25) is 0 Å². The second-order valence-electron chi connectivity index (χ2n) is 6.20. The van der Waals surface area contributed by atoms with Crippen LogP contribution < -0.4 is 5.32 Å². The first kappa shape index (κ1) is 16.3. The molecule has 0 aromatic heterocycles. The highest BCUT2D eigenvalue weighted by molar-refractivity contribution is 5.51. The number of hydrogen-bond acceptors (Lipinski definition) is 3. The van der Waals surface area contributed by atoms with E-state index in [1.807, 2.05) is 0 Å². The Morgan fingerprint density at radius 2 is 2.00 bits per heavy atom. The fourth-order valence-electron chi connectivity index (χ4n) is 3.30. The third kappa shape index (κ3) is 4.72. The predicted molar refractivity (Wildman–Crippen MR) is 89.7 cm³/mol. The summed E-state index contributed by atoms with van der Waals surface area (Å²) in [7, 11) is 1.75. The quantitative estimate of drug-likeness (QED) is 0.827. The molecule has 1 aliphatic heterocycles. The Hall–Kier alpha value is -1.06. The van der Waals surface area contributed by atoms with Gasteiger partial charge in [-0.2, -0.15) is 0 Å². The predicted octanol–water partition coefficient (Wildman–Crippen LogP) is 3.76. The summed E-state index contributed by atoms with van der Waals surface area (Å²) in [6.07, 6.45) is 3.88. The summed E-state index contributed by atoms with van der Waals surface area (Å²) in [4.78, 5) is 2.60. The first-order chi connectivity index (χ1) is 10.2. The summed E-state index contributed by atoms with van der Waals surface area (Å²) < 4.78 is 5.29. The number of likely N-dealkylation sites (tertiary alicyclic amines) is 1. The molecule has 0 spiro atoms. The van der Waals surface area contributed by atoms with Gasteiger partial charge in [0.2, 0.25) is 0 Å². The van der Waals surface area contributed by atoms with Gasteiger partial charge in [0.1, 0.15) is 0 Å². The molecule has 0 radical (unpaired) electrons. The van der Waals surface area contributed by atoms with Gasteiger partial charge >= 0.3 is 0 Å². The minimum Gasteiger partial charge on any atom is -0.382 e. The summed E-state index contributed by atoms with van der Waals surface area (Å²) >= 11 is 0. The van der Waals surface area contributed by atoms with Crippen molar-refractivity contribution in [1.82, 2.24) is 4.90 Å². The molecule has 1 aromatic rings. The maximum absolute atomic E-state index is 5.29. The van der Waals surface area contributed by atoms with E-state index in [4.69, 9.17) is 4.74 Å². The lowest BCUT2D eigenvalue weighted by Gasteiger charge is -2.35. The van der Waals surface area contributed by atoms with E-state index < -0.39 is 0 Å². The Kier molecular flexibility index (Phi) is 6.52.